The summed E-state index contributed by atoms with van der Waals surface area (Å²) in [6.07, 6.45) is 1.27. The second-order valence-corrected chi connectivity index (χ2v) is 5.49. The Bertz CT molecular complexity index is 597. The van der Waals surface area contributed by atoms with Crippen LogP contribution in [-0.4, -0.2) is 12.5 Å². The van der Waals surface area contributed by atoms with Crippen LogP contribution in [-0.2, 0) is 11.3 Å². The summed E-state index contributed by atoms with van der Waals surface area (Å²) < 4.78 is 5.53. The van der Waals surface area contributed by atoms with Crippen molar-refractivity contribution in [1.82, 2.24) is 5.32 Å². The third kappa shape index (κ3) is 5.75. The molecule has 122 valence electrons. The fourth-order valence-corrected chi connectivity index (χ4v) is 2.21. The summed E-state index contributed by atoms with van der Waals surface area (Å²) in [7, 11) is 0. The average Bonchev–Trinajstić information content (AvgIpc) is 2.59. The monoisotopic (exact) mass is 312 g/mol. The number of benzene rings is 2. The largest absolute Gasteiger partial charge is 0.494 e. The lowest BCUT2D eigenvalue weighted by Gasteiger charge is -2.12. The predicted octanol–water partition coefficient (Wildman–Crippen LogP) is 3.18. The van der Waals surface area contributed by atoms with E-state index in [0.717, 1.165) is 23.3 Å². The summed E-state index contributed by atoms with van der Waals surface area (Å²) in [5, 5.41) is 2.90. The topological polar surface area (TPSA) is 64.3 Å². The van der Waals surface area contributed by atoms with E-state index in [-0.39, 0.29) is 18.4 Å². The molecule has 2 aromatic rings. The predicted molar refractivity (Wildman–Crippen MR) is 92.1 cm³/mol. The van der Waals surface area contributed by atoms with Gasteiger partial charge in [0, 0.05) is 19.0 Å². The number of ether oxygens (including phenoxy) is 1. The van der Waals surface area contributed by atoms with Gasteiger partial charge >= 0.3 is 0 Å². The summed E-state index contributed by atoms with van der Waals surface area (Å²) in [6.45, 7) is 3.28. The highest BCUT2D eigenvalue weighted by Crippen LogP contribution is 2.14. The van der Waals surface area contributed by atoms with E-state index < -0.39 is 0 Å². The minimum Gasteiger partial charge on any atom is -0.494 e. The molecule has 0 aliphatic rings. The number of nitrogens with two attached hydrogens (primary N) is 1. The number of amides is 1. The van der Waals surface area contributed by atoms with Crippen LogP contribution in [0, 0.1) is 0 Å². The molecule has 0 saturated carbocycles. The molecule has 0 spiro atoms. The second-order valence-electron chi connectivity index (χ2n) is 5.49. The molecule has 3 N–H and O–H groups in total. The van der Waals surface area contributed by atoms with E-state index in [2.05, 4.69) is 12.2 Å². The van der Waals surface area contributed by atoms with Crippen LogP contribution in [0.2, 0.25) is 0 Å². The van der Waals surface area contributed by atoms with Gasteiger partial charge in [-0.1, -0.05) is 49.4 Å². The van der Waals surface area contributed by atoms with Crippen LogP contribution < -0.4 is 15.8 Å². The number of carbonyl (C=O) groups is 1. The van der Waals surface area contributed by atoms with Gasteiger partial charge in [-0.25, -0.2) is 0 Å². The highest BCUT2D eigenvalue weighted by Gasteiger charge is 2.11. The van der Waals surface area contributed by atoms with Gasteiger partial charge in [0.1, 0.15) is 5.75 Å². The third-order valence-electron chi connectivity index (χ3n) is 3.52. The fourth-order valence-electron chi connectivity index (χ4n) is 2.21. The molecule has 0 bridgehead atoms. The Hall–Kier alpha value is -2.33. The van der Waals surface area contributed by atoms with Gasteiger partial charge in [-0.2, -0.15) is 0 Å². The van der Waals surface area contributed by atoms with Crippen molar-refractivity contribution in [3.8, 4) is 5.75 Å². The number of nitrogens with one attached hydrogen (secondary N) is 1. The summed E-state index contributed by atoms with van der Waals surface area (Å²) in [4.78, 5) is 12.0. The highest BCUT2D eigenvalue weighted by molar-refractivity contribution is 5.76. The first-order chi connectivity index (χ1) is 11.2. The Morgan fingerprint density at radius 1 is 1.13 bits per heavy atom. The van der Waals surface area contributed by atoms with Crippen molar-refractivity contribution >= 4 is 5.91 Å². The Morgan fingerprint density at radius 2 is 1.83 bits per heavy atom. The molecule has 0 aliphatic carbocycles. The van der Waals surface area contributed by atoms with Crippen molar-refractivity contribution in [2.75, 3.05) is 6.61 Å². The Kier molecular flexibility index (Phi) is 6.63. The quantitative estimate of drug-likeness (QED) is 0.787. The van der Waals surface area contributed by atoms with Crippen molar-refractivity contribution in [1.29, 1.82) is 0 Å². The Morgan fingerprint density at radius 3 is 2.48 bits per heavy atom. The molecule has 2 aromatic carbocycles. The molecular weight excluding hydrogens is 288 g/mol. The van der Waals surface area contributed by atoms with E-state index in [9.17, 15) is 4.79 Å². The van der Waals surface area contributed by atoms with Gasteiger partial charge in [0.2, 0.25) is 5.91 Å². The van der Waals surface area contributed by atoms with Crippen molar-refractivity contribution < 1.29 is 9.53 Å². The van der Waals surface area contributed by atoms with Crippen LogP contribution in [0.3, 0.4) is 0 Å². The van der Waals surface area contributed by atoms with Gasteiger partial charge in [-0.15, -0.1) is 0 Å². The molecule has 1 atom stereocenters. The average molecular weight is 312 g/mol. The number of rotatable bonds is 8. The molecule has 1 amide bonds. The molecule has 4 nitrogen and oxygen atoms in total. The van der Waals surface area contributed by atoms with E-state index in [1.54, 1.807) is 0 Å². The summed E-state index contributed by atoms with van der Waals surface area (Å²) in [5.74, 6) is 0.806. The molecule has 2 rings (SSSR count). The molecule has 0 aliphatic heterocycles. The first kappa shape index (κ1) is 17.0. The number of hydrogen-bond donors (Lipinski definition) is 2. The van der Waals surface area contributed by atoms with Crippen LogP contribution >= 0.6 is 0 Å². The SMILES string of the molecule is CCCOc1ccc(CNC(=O)CC(N)c2ccccc2)cc1. The molecule has 1 unspecified atom stereocenters. The van der Waals surface area contributed by atoms with Gasteiger partial charge in [-0.05, 0) is 29.7 Å². The van der Waals surface area contributed by atoms with Crippen LogP contribution in [0.25, 0.3) is 0 Å². The summed E-state index contributed by atoms with van der Waals surface area (Å²) in [6, 6.07) is 17.2. The van der Waals surface area contributed by atoms with Gasteiger partial charge < -0.3 is 15.8 Å². The van der Waals surface area contributed by atoms with Crippen LogP contribution in [0.5, 0.6) is 5.75 Å². The van der Waals surface area contributed by atoms with E-state index in [0.29, 0.717) is 13.2 Å². The van der Waals surface area contributed by atoms with Crippen LogP contribution in [0.15, 0.2) is 54.6 Å². The van der Waals surface area contributed by atoms with E-state index >= 15 is 0 Å². The zero-order valence-electron chi connectivity index (χ0n) is 13.5. The third-order valence-corrected chi connectivity index (χ3v) is 3.52. The molecular formula is C19H24N2O2. The lowest BCUT2D eigenvalue weighted by molar-refractivity contribution is -0.121. The van der Waals surface area contributed by atoms with E-state index in [1.165, 1.54) is 0 Å². The van der Waals surface area contributed by atoms with Crippen LogP contribution in [0.4, 0.5) is 0 Å². The smallest absolute Gasteiger partial charge is 0.222 e. The highest BCUT2D eigenvalue weighted by atomic mass is 16.5. The van der Waals surface area contributed by atoms with Crippen LogP contribution in [0.1, 0.15) is 36.9 Å². The molecule has 4 heteroatoms. The zero-order chi connectivity index (χ0) is 16.5. The lowest BCUT2D eigenvalue weighted by atomic mass is 10.0. The molecule has 0 fully saturated rings. The van der Waals surface area contributed by atoms with E-state index in [4.69, 9.17) is 10.5 Å². The number of hydrogen-bond acceptors (Lipinski definition) is 3. The Labute approximate surface area is 137 Å². The maximum Gasteiger partial charge on any atom is 0.222 e. The maximum absolute atomic E-state index is 12.0. The summed E-state index contributed by atoms with van der Waals surface area (Å²) >= 11 is 0. The maximum atomic E-state index is 12.0. The molecule has 0 aromatic heterocycles. The standard InChI is InChI=1S/C19H24N2O2/c1-2-12-23-17-10-8-15(9-11-17)14-21-19(22)13-18(20)16-6-4-3-5-7-16/h3-11,18H,2,12-14,20H2,1H3,(H,21,22). The van der Waals surface area contributed by atoms with Gasteiger partial charge in [0.15, 0.2) is 0 Å². The van der Waals surface area contributed by atoms with E-state index in [1.807, 2.05) is 54.6 Å². The number of carbonyl (C=O) groups excluding carboxylic acids is 1. The van der Waals surface area contributed by atoms with Crippen molar-refractivity contribution in [2.45, 2.75) is 32.4 Å². The molecule has 23 heavy (non-hydrogen) atoms. The minimum absolute atomic E-state index is 0.0485. The minimum atomic E-state index is -0.277. The zero-order valence-corrected chi connectivity index (χ0v) is 13.5. The van der Waals surface area contributed by atoms with Crippen molar-refractivity contribution in [2.24, 2.45) is 5.73 Å². The van der Waals surface area contributed by atoms with Gasteiger partial charge in [0.05, 0.1) is 6.61 Å². The van der Waals surface area contributed by atoms with Gasteiger partial charge in [-0.3, -0.25) is 4.79 Å². The molecule has 0 radical (unpaired) electrons. The lowest BCUT2D eigenvalue weighted by Crippen LogP contribution is -2.27. The van der Waals surface area contributed by atoms with Crippen molar-refractivity contribution in [3.05, 3.63) is 65.7 Å². The summed E-state index contributed by atoms with van der Waals surface area (Å²) in [5.41, 5.74) is 8.06. The first-order valence-corrected chi connectivity index (χ1v) is 7.98. The molecule has 0 saturated heterocycles. The second kappa shape index (κ2) is 8.96. The first-order valence-electron chi connectivity index (χ1n) is 7.98. The van der Waals surface area contributed by atoms with Crippen molar-refractivity contribution in [3.63, 3.8) is 0 Å². The Balaban J connectivity index is 1.77. The van der Waals surface area contributed by atoms with Gasteiger partial charge in [0.25, 0.3) is 0 Å². The normalized spacial score (nSPS) is 11.7. The fraction of sp³-hybridized carbons (Fsp3) is 0.316. The molecule has 0 heterocycles.